The second-order valence-electron chi connectivity index (χ2n) is 14.0. The van der Waals surface area contributed by atoms with Crippen molar-refractivity contribution in [2.75, 3.05) is 26.1 Å². The highest BCUT2D eigenvalue weighted by Crippen LogP contribution is 2.47. The summed E-state index contributed by atoms with van der Waals surface area (Å²) in [6.07, 6.45) is -2.88. The summed E-state index contributed by atoms with van der Waals surface area (Å²) in [6.45, 7) is -0.467. The monoisotopic (exact) mass is 803 g/mol. The Labute approximate surface area is 337 Å². The van der Waals surface area contributed by atoms with Gasteiger partial charge in [-0.15, -0.1) is 0 Å². The molecule has 1 amide bonds. The molecule has 0 spiro atoms. The number of carbonyl (C=O) groups is 3. The molecule has 16 heteroatoms. The molecular weight excluding hydrogens is 762 g/mol. The number of anilines is 1. The molecule has 4 aromatic carbocycles. The molecule has 16 nitrogen and oxygen atoms in total. The number of aliphatic hydroxyl groups is 1. The molecule has 2 aromatic heterocycles. The number of hydrogen-bond acceptors (Lipinski definition) is 11. The van der Waals surface area contributed by atoms with Gasteiger partial charge in [-0.25, -0.2) is 4.98 Å². The molecule has 1 aliphatic heterocycles. The third kappa shape index (κ3) is 8.14. The molecule has 0 aliphatic carbocycles. The molecule has 1 fully saturated rings. The van der Waals surface area contributed by atoms with E-state index in [1.807, 2.05) is 60.7 Å². The fourth-order valence-electron chi connectivity index (χ4n) is 7.56. The Kier molecular flexibility index (Phi) is 11.6. The number of ether oxygens (including phenoxy) is 4. The van der Waals surface area contributed by atoms with Crippen LogP contribution in [0.4, 0.5) is 5.95 Å². The van der Waals surface area contributed by atoms with E-state index in [1.165, 1.54) is 10.9 Å². The van der Waals surface area contributed by atoms with Crippen molar-refractivity contribution in [3.63, 3.8) is 0 Å². The largest absolute Gasteiger partial charge is 0.497 e. The number of hydrogen-bond donors (Lipinski definition) is 5. The number of amides is 1. The van der Waals surface area contributed by atoms with E-state index >= 15 is 0 Å². The number of aliphatic carboxylic acids is 2. The number of H-pyrrole nitrogens is 1. The van der Waals surface area contributed by atoms with Crippen molar-refractivity contribution < 1.29 is 48.7 Å². The highest BCUT2D eigenvalue weighted by molar-refractivity contribution is 5.91. The van der Waals surface area contributed by atoms with Gasteiger partial charge in [0.05, 0.1) is 45.9 Å². The number of aromatic amines is 1. The third-order valence-electron chi connectivity index (χ3n) is 10.5. The summed E-state index contributed by atoms with van der Waals surface area (Å²) in [7, 11) is 3.09. The predicted molar refractivity (Wildman–Crippen MR) is 212 cm³/mol. The van der Waals surface area contributed by atoms with Gasteiger partial charge in [0, 0.05) is 6.42 Å². The van der Waals surface area contributed by atoms with Gasteiger partial charge in [0.25, 0.3) is 5.56 Å². The molecule has 0 bridgehead atoms. The first-order valence-corrected chi connectivity index (χ1v) is 18.6. The van der Waals surface area contributed by atoms with Crippen LogP contribution in [0.1, 0.15) is 41.3 Å². The molecule has 3 heterocycles. The maximum absolute atomic E-state index is 13.2. The summed E-state index contributed by atoms with van der Waals surface area (Å²) in [5.74, 6) is -4.37. The maximum Gasteiger partial charge on any atom is 0.310 e. The van der Waals surface area contributed by atoms with Crippen LogP contribution in [0.5, 0.6) is 11.5 Å². The van der Waals surface area contributed by atoms with E-state index in [0.717, 1.165) is 5.56 Å². The van der Waals surface area contributed by atoms with E-state index in [-0.39, 0.29) is 23.5 Å². The van der Waals surface area contributed by atoms with Crippen LogP contribution in [0, 0.1) is 5.92 Å². The first-order chi connectivity index (χ1) is 28.4. The summed E-state index contributed by atoms with van der Waals surface area (Å²) < 4.78 is 25.7. The predicted octanol–water partition coefficient (Wildman–Crippen LogP) is 4.52. The Morgan fingerprint density at radius 3 is 2.03 bits per heavy atom. The normalized spacial score (nSPS) is 18.3. The first kappa shape index (κ1) is 40.3. The fraction of sp³-hybridized carbons (Fsp3) is 0.256. The van der Waals surface area contributed by atoms with E-state index in [4.69, 9.17) is 18.9 Å². The molecule has 0 radical (unpaired) electrons. The number of imidazole rings is 1. The number of aromatic nitrogens is 4. The lowest BCUT2D eigenvalue weighted by Gasteiger charge is -2.39. The van der Waals surface area contributed by atoms with Crippen LogP contribution < -0.4 is 20.3 Å². The molecule has 6 aromatic rings. The minimum Gasteiger partial charge on any atom is -0.497 e. The lowest BCUT2D eigenvalue weighted by Crippen LogP contribution is -2.52. The van der Waals surface area contributed by atoms with Gasteiger partial charge in [-0.3, -0.25) is 34.0 Å². The Hall–Kier alpha value is -6.88. The second-order valence-corrected chi connectivity index (χ2v) is 14.0. The number of nitrogens with zero attached hydrogens (tertiary/aromatic N) is 3. The fourth-order valence-corrected chi connectivity index (χ4v) is 7.56. The molecular formula is C43H41N5O11. The van der Waals surface area contributed by atoms with Crippen LogP contribution in [-0.2, 0) is 35.9 Å². The van der Waals surface area contributed by atoms with E-state index in [1.54, 1.807) is 62.8 Å². The lowest BCUT2D eigenvalue weighted by molar-refractivity contribution is -0.171. The molecule has 304 valence electrons. The van der Waals surface area contributed by atoms with Gasteiger partial charge in [0.15, 0.2) is 11.2 Å². The summed E-state index contributed by atoms with van der Waals surface area (Å²) in [4.78, 5) is 62.2. The van der Waals surface area contributed by atoms with Crippen LogP contribution in [0.2, 0.25) is 0 Å². The summed E-state index contributed by atoms with van der Waals surface area (Å²) >= 11 is 0. The Morgan fingerprint density at radius 2 is 1.47 bits per heavy atom. The summed E-state index contributed by atoms with van der Waals surface area (Å²) in [5, 5.41) is 35.4. The minimum atomic E-state index is -2.36. The zero-order valence-corrected chi connectivity index (χ0v) is 32.0. The zero-order valence-electron chi connectivity index (χ0n) is 32.0. The van der Waals surface area contributed by atoms with Crippen molar-refractivity contribution in [3.05, 3.63) is 148 Å². The van der Waals surface area contributed by atoms with Crippen LogP contribution in [0.3, 0.4) is 0 Å². The number of rotatable bonds is 16. The van der Waals surface area contributed by atoms with Gasteiger partial charge in [0.2, 0.25) is 11.9 Å². The van der Waals surface area contributed by atoms with Crippen molar-refractivity contribution in [1.82, 2.24) is 19.5 Å². The minimum absolute atomic E-state index is 0.0000237. The molecule has 59 heavy (non-hydrogen) atoms. The number of methoxy groups -OCH3 is 2. The number of carbonyl (C=O) groups excluding carboxylic acids is 1. The quantitative estimate of drug-likeness (QED) is 0.0850. The van der Waals surface area contributed by atoms with Crippen molar-refractivity contribution in [2.24, 2.45) is 5.92 Å². The molecule has 0 saturated carbocycles. The number of nitrogens with one attached hydrogen (secondary N) is 2. The van der Waals surface area contributed by atoms with Crippen molar-refractivity contribution >= 4 is 35.0 Å². The van der Waals surface area contributed by atoms with Crippen molar-refractivity contribution in [1.29, 1.82) is 0 Å². The molecule has 5 N–H and O–H groups in total. The zero-order chi connectivity index (χ0) is 41.7. The number of fused-ring (bicyclic) bond motifs is 1. The average Bonchev–Trinajstić information content (AvgIpc) is 3.82. The molecule has 4 atom stereocenters. The lowest BCUT2D eigenvalue weighted by atomic mass is 9.78. The van der Waals surface area contributed by atoms with E-state index in [2.05, 4.69) is 20.3 Å². The van der Waals surface area contributed by atoms with Crippen molar-refractivity contribution in [2.45, 2.75) is 42.8 Å². The van der Waals surface area contributed by atoms with Gasteiger partial charge in [-0.05, 0) is 46.5 Å². The first-order valence-electron chi connectivity index (χ1n) is 18.6. The average molecular weight is 804 g/mol. The Morgan fingerprint density at radius 1 is 0.898 bits per heavy atom. The smallest absolute Gasteiger partial charge is 0.310 e. The Balaban J connectivity index is 1.29. The third-order valence-corrected chi connectivity index (χ3v) is 10.5. The standard InChI is InChI=1S/C43H41N5O11/c1-56-30-17-13-28(14-18-30)43(27-11-7-4-8-12-27,29-15-19-31(57-2)20-16-29)58-24-33-42(55,32(40(53)54)22-36(50)51)23-35(59-33)48-25-44-37-38(48)46-41(47-39(37)52)45-34(49)21-26-9-5-3-6-10-26/h3-20,25,32-33,35,55H,21-24H2,1-2H3,(H,50,51)(H,53,54)(H2,45,46,47,49,52)/t32?,33-,35-,42-/m1/s1. The van der Waals surface area contributed by atoms with E-state index < -0.39 is 72.3 Å². The van der Waals surface area contributed by atoms with Gasteiger partial charge >= 0.3 is 11.9 Å². The second kappa shape index (κ2) is 16.9. The number of carboxylic acid groups (broad SMARTS) is 2. The van der Waals surface area contributed by atoms with E-state index in [9.17, 15) is 34.5 Å². The van der Waals surface area contributed by atoms with Gasteiger partial charge in [-0.1, -0.05) is 84.9 Å². The topological polar surface area (TPSA) is 224 Å². The summed E-state index contributed by atoms with van der Waals surface area (Å²) in [6, 6.07) is 32.6. The number of benzene rings is 4. The van der Waals surface area contributed by atoms with Gasteiger partial charge in [-0.2, -0.15) is 4.98 Å². The highest BCUT2D eigenvalue weighted by Gasteiger charge is 2.57. The van der Waals surface area contributed by atoms with Gasteiger partial charge in [0.1, 0.15) is 35.0 Å². The van der Waals surface area contributed by atoms with Crippen LogP contribution in [0.15, 0.2) is 120 Å². The SMILES string of the molecule is COc1ccc(C(OC[C@H]2O[C@@H](n3cnc4c(=O)[nH]c(NC(=O)Cc5ccccc5)nc43)C[C@@]2(O)C(CC(=O)O)C(=O)O)(c2ccccc2)c2ccc(OC)cc2)cc1. The maximum atomic E-state index is 13.2. The highest BCUT2D eigenvalue weighted by atomic mass is 16.6. The Bertz CT molecular complexity index is 2440. The molecule has 1 aliphatic rings. The van der Waals surface area contributed by atoms with Crippen LogP contribution >= 0.6 is 0 Å². The molecule has 7 rings (SSSR count). The van der Waals surface area contributed by atoms with Crippen LogP contribution in [-0.4, -0.2) is 85.2 Å². The van der Waals surface area contributed by atoms with E-state index in [0.29, 0.717) is 28.2 Å². The van der Waals surface area contributed by atoms with Gasteiger partial charge < -0.3 is 34.3 Å². The van der Waals surface area contributed by atoms with Crippen molar-refractivity contribution in [3.8, 4) is 11.5 Å². The van der Waals surface area contributed by atoms with Crippen LogP contribution in [0.25, 0.3) is 11.2 Å². The molecule has 1 saturated heterocycles. The molecule has 1 unspecified atom stereocenters. The summed E-state index contributed by atoms with van der Waals surface area (Å²) in [5.41, 5.74) is -1.96. The number of carboxylic acids is 2.